The van der Waals surface area contributed by atoms with E-state index in [0.717, 1.165) is 6.07 Å². The number of nitrogens with zero attached hydrogens (tertiary/aromatic N) is 4. The number of carbonyl (C=O) groups excluding carboxylic acids is 1. The Balaban J connectivity index is 2.01. The summed E-state index contributed by atoms with van der Waals surface area (Å²) in [6, 6.07) is 4.81. The Hall–Kier alpha value is -2.45. The summed E-state index contributed by atoms with van der Waals surface area (Å²) in [4.78, 5) is 11.6. The number of tetrazole rings is 1. The highest BCUT2D eigenvalue weighted by atomic mass is 19.4. The molecule has 0 unspecified atom stereocenters. The first-order valence-corrected chi connectivity index (χ1v) is 5.63. The number of halogens is 3. The second-order valence-corrected chi connectivity index (χ2v) is 3.91. The first kappa shape index (κ1) is 14.0. The number of nitrogens with one attached hydrogen (secondary N) is 1. The van der Waals surface area contributed by atoms with E-state index in [4.69, 9.17) is 0 Å². The molecule has 0 bridgehead atoms. The van der Waals surface area contributed by atoms with Crippen LogP contribution in [-0.4, -0.2) is 26.1 Å². The maximum absolute atomic E-state index is 12.7. The average Bonchev–Trinajstić information content (AvgIpc) is 2.89. The summed E-state index contributed by atoms with van der Waals surface area (Å²) >= 11 is 0. The Kier molecular flexibility index (Phi) is 3.97. The van der Waals surface area contributed by atoms with Crippen molar-refractivity contribution < 1.29 is 18.0 Å². The van der Waals surface area contributed by atoms with Crippen molar-refractivity contribution in [3.8, 4) is 0 Å². The number of amides is 1. The van der Waals surface area contributed by atoms with E-state index in [1.165, 1.54) is 29.2 Å². The lowest BCUT2D eigenvalue weighted by Gasteiger charge is -2.13. The second-order valence-electron chi connectivity index (χ2n) is 3.91. The minimum Gasteiger partial charge on any atom is -0.325 e. The standard InChI is InChI=1S/C11H10F3N5O/c12-11(13,14)8-3-1-2-4-9(8)16-10(20)5-6-19-7-15-17-18-19/h1-4,7H,5-6H2,(H,16,20). The monoisotopic (exact) mass is 285 g/mol. The lowest BCUT2D eigenvalue weighted by atomic mass is 10.1. The highest BCUT2D eigenvalue weighted by Gasteiger charge is 2.33. The predicted molar refractivity (Wildman–Crippen MR) is 62.5 cm³/mol. The quantitative estimate of drug-likeness (QED) is 0.928. The molecule has 0 atom stereocenters. The summed E-state index contributed by atoms with van der Waals surface area (Å²) < 4.78 is 39.5. The fraction of sp³-hybridized carbons (Fsp3) is 0.273. The lowest BCUT2D eigenvalue weighted by Crippen LogP contribution is -2.18. The zero-order valence-electron chi connectivity index (χ0n) is 10.1. The topological polar surface area (TPSA) is 72.7 Å². The van der Waals surface area contributed by atoms with Crippen LogP contribution in [0.2, 0.25) is 0 Å². The first-order valence-electron chi connectivity index (χ1n) is 5.63. The van der Waals surface area contributed by atoms with Gasteiger partial charge in [-0.3, -0.25) is 4.79 Å². The van der Waals surface area contributed by atoms with Crippen LogP contribution in [0.4, 0.5) is 18.9 Å². The maximum Gasteiger partial charge on any atom is 0.418 e. The first-order chi connectivity index (χ1) is 9.47. The normalized spacial score (nSPS) is 11.3. The Bertz CT molecular complexity index is 582. The number of rotatable bonds is 4. The molecular formula is C11H10F3N5O. The summed E-state index contributed by atoms with van der Waals surface area (Å²) in [7, 11) is 0. The molecule has 1 heterocycles. The van der Waals surface area contributed by atoms with Crippen molar-refractivity contribution in [1.29, 1.82) is 0 Å². The lowest BCUT2D eigenvalue weighted by molar-refractivity contribution is -0.137. The van der Waals surface area contributed by atoms with E-state index in [2.05, 4.69) is 20.8 Å². The van der Waals surface area contributed by atoms with E-state index >= 15 is 0 Å². The van der Waals surface area contributed by atoms with Crippen LogP contribution in [0.1, 0.15) is 12.0 Å². The van der Waals surface area contributed by atoms with Crippen LogP contribution in [-0.2, 0) is 17.5 Å². The van der Waals surface area contributed by atoms with Crippen LogP contribution in [0.25, 0.3) is 0 Å². The Morgan fingerprint density at radius 1 is 1.30 bits per heavy atom. The van der Waals surface area contributed by atoms with Gasteiger partial charge in [0.1, 0.15) is 6.33 Å². The molecule has 1 N–H and O–H groups in total. The molecule has 1 aromatic heterocycles. The highest BCUT2D eigenvalue weighted by molar-refractivity contribution is 5.91. The Morgan fingerprint density at radius 3 is 2.70 bits per heavy atom. The van der Waals surface area contributed by atoms with Gasteiger partial charge in [0.15, 0.2) is 0 Å². The zero-order valence-corrected chi connectivity index (χ0v) is 10.1. The Morgan fingerprint density at radius 2 is 2.05 bits per heavy atom. The van der Waals surface area contributed by atoms with E-state index in [1.807, 2.05) is 0 Å². The number of aromatic nitrogens is 4. The molecule has 0 saturated carbocycles. The number of alkyl halides is 3. The van der Waals surface area contributed by atoms with E-state index in [-0.39, 0.29) is 18.7 Å². The molecule has 0 fully saturated rings. The van der Waals surface area contributed by atoms with Gasteiger partial charge in [0.05, 0.1) is 17.8 Å². The molecule has 1 aromatic carbocycles. The largest absolute Gasteiger partial charge is 0.418 e. The molecule has 2 aromatic rings. The number of anilines is 1. The summed E-state index contributed by atoms with van der Waals surface area (Å²) in [5, 5.41) is 12.6. The van der Waals surface area contributed by atoms with Crippen LogP contribution < -0.4 is 5.32 Å². The van der Waals surface area contributed by atoms with E-state index in [1.54, 1.807) is 0 Å². The smallest absolute Gasteiger partial charge is 0.325 e. The highest BCUT2D eigenvalue weighted by Crippen LogP contribution is 2.34. The van der Waals surface area contributed by atoms with Gasteiger partial charge in [-0.1, -0.05) is 12.1 Å². The molecular weight excluding hydrogens is 275 g/mol. The number of hydrogen-bond acceptors (Lipinski definition) is 4. The van der Waals surface area contributed by atoms with Crippen LogP contribution in [0.15, 0.2) is 30.6 Å². The van der Waals surface area contributed by atoms with Crippen molar-refractivity contribution >= 4 is 11.6 Å². The van der Waals surface area contributed by atoms with E-state index in [0.29, 0.717) is 0 Å². The van der Waals surface area contributed by atoms with Crippen LogP contribution in [0.5, 0.6) is 0 Å². The molecule has 0 aliphatic rings. The Labute approximate surface area is 111 Å². The zero-order chi connectivity index (χ0) is 14.6. The molecule has 0 aliphatic heterocycles. The second kappa shape index (κ2) is 5.68. The molecule has 0 aliphatic carbocycles. The molecule has 0 spiro atoms. The van der Waals surface area contributed by atoms with Gasteiger partial charge >= 0.3 is 6.18 Å². The third-order valence-electron chi connectivity index (χ3n) is 2.47. The summed E-state index contributed by atoms with van der Waals surface area (Å²) in [5.74, 6) is -0.544. The molecule has 1 amide bonds. The van der Waals surface area contributed by atoms with E-state index in [9.17, 15) is 18.0 Å². The van der Waals surface area contributed by atoms with E-state index < -0.39 is 17.6 Å². The third kappa shape index (κ3) is 3.53. The number of benzene rings is 1. The number of aryl methyl sites for hydroxylation is 1. The molecule has 0 radical (unpaired) electrons. The van der Waals surface area contributed by atoms with Gasteiger partial charge in [-0.2, -0.15) is 13.2 Å². The summed E-state index contributed by atoms with van der Waals surface area (Å²) in [6.07, 6.45) is -3.23. The third-order valence-corrected chi connectivity index (χ3v) is 2.47. The number of para-hydroxylation sites is 1. The number of carbonyl (C=O) groups is 1. The van der Waals surface area contributed by atoms with Crippen molar-refractivity contribution in [2.45, 2.75) is 19.1 Å². The molecule has 20 heavy (non-hydrogen) atoms. The molecule has 2 rings (SSSR count). The fourth-order valence-electron chi connectivity index (χ4n) is 1.55. The van der Waals surface area contributed by atoms with Crippen molar-refractivity contribution in [3.05, 3.63) is 36.2 Å². The van der Waals surface area contributed by atoms with Gasteiger partial charge in [0.25, 0.3) is 0 Å². The van der Waals surface area contributed by atoms with Crippen molar-refractivity contribution in [3.63, 3.8) is 0 Å². The maximum atomic E-state index is 12.7. The van der Waals surface area contributed by atoms with Gasteiger partial charge < -0.3 is 5.32 Å². The van der Waals surface area contributed by atoms with Gasteiger partial charge in [0.2, 0.25) is 5.91 Å². The van der Waals surface area contributed by atoms with Crippen molar-refractivity contribution in [2.75, 3.05) is 5.32 Å². The van der Waals surface area contributed by atoms with Crippen LogP contribution in [0, 0.1) is 0 Å². The summed E-state index contributed by atoms with van der Waals surface area (Å²) in [6.45, 7) is 0.188. The van der Waals surface area contributed by atoms with Gasteiger partial charge in [-0.05, 0) is 22.6 Å². The van der Waals surface area contributed by atoms with Crippen LogP contribution >= 0.6 is 0 Å². The van der Waals surface area contributed by atoms with Gasteiger partial charge in [-0.15, -0.1) is 5.10 Å². The van der Waals surface area contributed by atoms with Gasteiger partial charge in [-0.25, -0.2) is 4.68 Å². The van der Waals surface area contributed by atoms with Crippen LogP contribution in [0.3, 0.4) is 0 Å². The number of hydrogen-bond donors (Lipinski definition) is 1. The fourth-order valence-corrected chi connectivity index (χ4v) is 1.55. The molecule has 106 valence electrons. The summed E-state index contributed by atoms with van der Waals surface area (Å²) in [5.41, 5.74) is -1.14. The SMILES string of the molecule is O=C(CCn1cnnn1)Nc1ccccc1C(F)(F)F. The molecule has 9 heteroatoms. The minimum atomic E-state index is -4.51. The molecule has 0 saturated heterocycles. The van der Waals surface area contributed by atoms with Crippen molar-refractivity contribution in [2.24, 2.45) is 0 Å². The van der Waals surface area contributed by atoms with Crippen molar-refractivity contribution in [1.82, 2.24) is 20.2 Å². The minimum absolute atomic E-state index is 0.0305. The average molecular weight is 285 g/mol. The predicted octanol–water partition coefficient (Wildman–Crippen LogP) is 1.72. The van der Waals surface area contributed by atoms with Gasteiger partial charge in [0, 0.05) is 6.42 Å². The molecule has 6 nitrogen and oxygen atoms in total.